The molecule has 0 unspecified atom stereocenters. The minimum Gasteiger partial charge on any atom is -0.310 e. The van der Waals surface area contributed by atoms with Crippen LogP contribution in [0.1, 0.15) is 26.8 Å². The third-order valence-corrected chi connectivity index (χ3v) is 5.27. The lowest BCUT2D eigenvalue weighted by molar-refractivity contribution is -0.115. The van der Waals surface area contributed by atoms with Gasteiger partial charge in [0.25, 0.3) is 0 Å². The molecule has 3 rings (SSSR count). The van der Waals surface area contributed by atoms with Crippen molar-refractivity contribution < 1.29 is 9.18 Å². The number of allylic oxidation sites excluding steroid dienone is 1. The molecule has 2 aromatic heterocycles. The second-order valence-corrected chi connectivity index (χ2v) is 8.02. The van der Waals surface area contributed by atoms with Crippen molar-refractivity contribution in [1.29, 1.82) is 0 Å². The van der Waals surface area contributed by atoms with Crippen LogP contribution in [-0.2, 0) is 11.3 Å². The summed E-state index contributed by atoms with van der Waals surface area (Å²) < 4.78 is 16.8. The van der Waals surface area contributed by atoms with Crippen LogP contribution in [0, 0.1) is 5.82 Å². The Bertz CT molecular complexity index is 995. The summed E-state index contributed by atoms with van der Waals surface area (Å²) in [6.07, 6.45) is 3.38. The Balaban J connectivity index is 1.78. The largest absolute Gasteiger partial charge is 0.310 e. The topological polar surface area (TPSA) is 77.6 Å². The fourth-order valence-corrected chi connectivity index (χ4v) is 3.60. The fraction of sp³-hybridized carbons (Fsp3) is 0.300. The number of nitrogens with zero attached hydrogens (tertiary/aromatic N) is 5. The first-order valence-electron chi connectivity index (χ1n) is 9.21. The molecular weight excluding hydrogens is 391 g/mol. The van der Waals surface area contributed by atoms with Crippen LogP contribution in [0.4, 0.5) is 10.2 Å². The Morgan fingerprint density at radius 1 is 1.24 bits per heavy atom. The molecule has 9 heteroatoms. The number of benzene rings is 1. The molecule has 0 saturated carbocycles. The molecule has 0 saturated heterocycles. The molecule has 1 atom stereocenters. The number of thioether (sulfide) groups is 1. The number of amides is 1. The molecule has 7 nitrogen and oxygen atoms in total. The molecular formula is C20H23FN6OS. The van der Waals surface area contributed by atoms with Crippen LogP contribution in [0.25, 0.3) is 11.4 Å². The van der Waals surface area contributed by atoms with Gasteiger partial charge in [0.05, 0.1) is 11.4 Å². The molecule has 0 fully saturated rings. The van der Waals surface area contributed by atoms with E-state index in [0.29, 0.717) is 23.3 Å². The maximum Gasteiger partial charge on any atom is 0.238 e. The molecule has 29 heavy (non-hydrogen) atoms. The van der Waals surface area contributed by atoms with E-state index in [4.69, 9.17) is 0 Å². The molecule has 0 aliphatic heterocycles. The van der Waals surface area contributed by atoms with Gasteiger partial charge in [0.1, 0.15) is 11.6 Å². The lowest BCUT2D eigenvalue weighted by Crippen LogP contribution is -2.25. The van der Waals surface area contributed by atoms with Crippen LogP contribution in [0.5, 0.6) is 0 Å². The molecule has 0 radical (unpaired) electrons. The zero-order valence-corrected chi connectivity index (χ0v) is 17.4. The van der Waals surface area contributed by atoms with Crippen molar-refractivity contribution >= 4 is 23.5 Å². The summed E-state index contributed by atoms with van der Waals surface area (Å²) in [5.41, 5.74) is 0.741. The maximum atomic E-state index is 13.2. The normalized spacial score (nSPS) is 12.2. The number of hydrogen-bond donors (Lipinski definition) is 1. The minimum atomic E-state index is -0.417. The molecule has 0 spiro atoms. The number of nitrogens with one attached hydrogen (secondary N) is 1. The predicted molar refractivity (Wildman–Crippen MR) is 112 cm³/mol. The lowest BCUT2D eigenvalue weighted by atomic mass is 10.2. The van der Waals surface area contributed by atoms with Crippen molar-refractivity contribution in [2.75, 3.05) is 5.32 Å². The third kappa shape index (κ3) is 4.73. The summed E-state index contributed by atoms with van der Waals surface area (Å²) in [5, 5.41) is 15.8. The Labute approximate surface area is 173 Å². The summed E-state index contributed by atoms with van der Waals surface area (Å²) in [5.74, 6) is 0.771. The standard InChI is InChI=1S/C20H23FN6OS/c1-5-12-26-18(15-6-8-16(21)9-7-15)24-25-20(26)29-14(4)19(28)23-17-10-11-22-27(17)13(2)3/h5-11,13-14H,1,12H2,2-4H3,(H,23,28)/t14-/m1/s1. The average molecular weight is 415 g/mol. The first-order chi connectivity index (χ1) is 13.9. The van der Waals surface area contributed by atoms with Gasteiger partial charge in [-0.2, -0.15) is 5.10 Å². The average Bonchev–Trinajstić information content (AvgIpc) is 3.30. The van der Waals surface area contributed by atoms with E-state index in [2.05, 4.69) is 27.2 Å². The zero-order chi connectivity index (χ0) is 21.0. The number of rotatable bonds is 8. The highest BCUT2D eigenvalue weighted by Gasteiger charge is 2.21. The van der Waals surface area contributed by atoms with Crippen molar-refractivity contribution in [3.63, 3.8) is 0 Å². The predicted octanol–water partition coefficient (Wildman–Crippen LogP) is 4.17. The van der Waals surface area contributed by atoms with E-state index in [-0.39, 0.29) is 17.8 Å². The Morgan fingerprint density at radius 2 is 1.97 bits per heavy atom. The van der Waals surface area contributed by atoms with Crippen molar-refractivity contribution in [2.45, 2.75) is 43.8 Å². The minimum absolute atomic E-state index is 0.136. The summed E-state index contributed by atoms with van der Waals surface area (Å²) >= 11 is 1.30. The van der Waals surface area contributed by atoms with E-state index >= 15 is 0 Å². The van der Waals surface area contributed by atoms with Crippen LogP contribution < -0.4 is 5.32 Å². The van der Waals surface area contributed by atoms with Crippen LogP contribution in [0.2, 0.25) is 0 Å². The maximum absolute atomic E-state index is 13.2. The molecule has 1 N–H and O–H groups in total. The Morgan fingerprint density at radius 3 is 2.62 bits per heavy atom. The smallest absolute Gasteiger partial charge is 0.238 e. The molecule has 152 valence electrons. The van der Waals surface area contributed by atoms with Gasteiger partial charge in [0, 0.05) is 24.2 Å². The van der Waals surface area contributed by atoms with E-state index in [9.17, 15) is 9.18 Å². The Kier molecular flexibility index (Phi) is 6.48. The molecule has 0 bridgehead atoms. The zero-order valence-electron chi connectivity index (χ0n) is 16.5. The van der Waals surface area contributed by atoms with Gasteiger partial charge in [-0.15, -0.1) is 16.8 Å². The van der Waals surface area contributed by atoms with Gasteiger partial charge in [-0.05, 0) is 45.0 Å². The SMILES string of the molecule is C=CCn1c(S[C@H](C)C(=O)Nc2ccnn2C(C)C)nnc1-c1ccc(F)cc1. The van der Waals surface area contributed by atoms with Crippen molar-refractivity contribution in [3.05, 3.63) is 55.0 Å². The molecule has 3 aromatic rings. The van der Waals surface area contributed by atoms with Gasteiger partial charge in [0.15, 0.2) is 11.0 Å². The number of hydrogen-bond acceptors (Lipinski definition) is 5. The highest BCUT2D eigenvalue weighted by atomic mass is 32.2. The van der Waals surface area contributed by atoms with Crippen LogP contribution >= 0.6 is 11.8 Å². The van der Waals surface area contributed by atoms with Crippen LogP contribution in [0.15, 0.2) is 54.3 Å². The molecule has 1 aromatic carbocycles. The molecule has 1 amide bonds. The van der Waals surface area contributed by atoms with E-state index in [1.807, 2.05) is 18.4 Å². The number of carbonyl (C=O) groups is 1. The summed E-state index contributed by atoms with van der Waals surface area (Å²) in [6, 6.07) is 7.96. The van der Waals surface area contributed by atoms with Crippen LogP contribution in [-0.4, -0.2) is 35.7 Å². The van der Waals surface area contributed by atoms with E-state index in [1.54, 1.807) is 42.1 Å². The number of halogens is 1. The third-order valence-electron chi connectivity index (χ3n) is 4.19. The van der Waals surface area contributed by atoms with E-state index in [1.165, 1.54) is 23.9 Å². The first-order valence-corrected chi connectivity index (χ1v) is 10.1. The fourth-order valence-electron chi connectivity index (χ4n) is 2.75. The highest BCUT2D eigenvalue weighted by Crippen LogP contribution is 2.28. The number of anilines is 1. The van der Waals surface area contributed by atoms with Gasteiger partial charge in [-0.3, -0.25) is 9.36 Å². The molecule has 2 heterocycles. The van der Waals surface area contributed by atoms with Gasteiger partial charge < -0.3 is 5.32 Å². The lowest BCUT2D eigenvalue weighted by Gasteiger charge is -2.15. The van der Waals surface area contributed by atoms with Crippen LogP contribution in [0.3, 0.4) is 0 Å². The summed E-state index contributed by atoms with van der Waals surface area (Å²) in [6.45, 7) is 10.0. The second kappa shape index (κ2) is 9.04. The summed E-state index contributed by atoms with van der Waals surface area (Å²) in [4.78, 5) is 12.7. The van der Waals surface area contributed by atoms with Gasteiger partial charge in [-0.1, -0.05) is 17.8 Å². The number of carbonyl (C=O) groups excluding carboxylic acids is 1. The first kappa shape index (κ1) is 20.8. The van der Waals surface area contributed by atoms with Crippen molar-refractivity contribution in [3.8, 4) is 11.4 Å². The Hall–Kier alpha value is -2.94. The van der Waals surface area contributed by atoms with Crippen molar-refractivity contribution in [2.24, 2.45) is 0 Å². The molecule has 0 aliphatic rings. The van der Waals surface area contributed by atoms with Gasteiger partial charge in [-0.25, -0.2) is 9.07 Å². The van der Waals surface area contributed by atoms with Gasteiger partial charge >= 0.3 is 0 Å². The number of aromatic nitrogens is 5. The monoisotopic (exact) mass is 414 g/mol. The molecule has 0 aliphatic carbocycles. The quantitative estimate of drug-likeness (QED) is 0.442. The van der Waals surface area contributed by atoms with E-state index < -0.39 is 5.25 Å². The second-order valence-electron chi connectivity index (χ2n) is 6.72. The summed E-state index contributed by atoms with van der Waals surface area (Å²) in [7, 11) is 0. The highest BCUT2D eigenvalue weighted by molar-refractivity contribution is 8.00. The van der Waals surface area contributed by atoms with Crippen molar-refractivity contribution in [1.82, 2.24) is 24.5 Å². The van der Waals surface area contributed by atoms with Gasteiger partial charge in [0.2, 0.25) is 5.91 Å². The van der Waals surface area contributed by atoms with E-state index in [0.717, 1.165) is 5.56 Å².